The second-order valence-electron chi connectivity index (χ2n) is 6.70. The number of nitrogens with two attached hydrogens (primary N) is 1. The molecular formula is C20H20N4O8. The highest BCUT2D eigenvalue weighted by atomic mass is 16.6. The van der Waals surface area contributed by atoms with E-state index in [9.17, 15) is 24.5 Å². The molecule has 1 aromatic carbocycles. The molecule has 0 spiro atoms. The Labute approximate surface area is 181 Å². The summed E-state index contributed by atoms with van der Waals surface area (Å²) in [4.78, 5) is 47.5. The van der Waals surface area contributed by atoms with E-state index in [4.69, 9.17) is 19.6 Å². The number of nitro benzene ring substituents is 1. The van der Waals surface area contributed by atoms with Crippen LogP contribution in [0.25, 0.3) is 0 Å². The average Bonchev–Trinajstić information content (AvgIpc) is 3.17. The van der Waals surface area contributed by atoms with Gasteiger partial charge in [0, 0.05) is 12.1 Å². The first-order valence-electron chi connectivity index (χ1n) is 9.46. The molecule has 1 aliphatic rings. The Balaban J connectivity index is 1.90. The maximum absolute atomic E-state index is 12.6. The number of hydrogen-bond acceptors (Lipinski definition) is 9. The molecule has 2 amide bonds. The zero-order valence-corrected chi connectivity index (χ0v) is 17.2. The number of esters is 2. The zero-order chi connectivity index (χ0) is 23.4. The van der Waals surface area contributed by atoms with Gasteiger partial charge in [0.1, 0.15) is 24.2 Å². The van der Waals surface area contributed by atoms with Gasteiger partial charge in [-0.2, -0.15) is 0 Å². The quantitative estimate of drug-likeness (QED) is 0.250. The van der Waals surface area contributed by atoms with Crippen LogP contribution in [0.15, 0.2) is 46.0 Å². The summed E-state index contributed by atoms with van der Waals surface area (Å²) in [5.41, 5.74) is 5.19. The highest BCUT2D eigenvalue weighted by Gasteiger charge is 2.36. The van der Waals surface area contributed by atoms with Crippen molar-refractivity contribution < 1.29 is 33.2 Å². The molecule has 3 rings (SSSR count). The largest absolute Gasteiger partial charge is 0.464 e. The number of furan rings is 1. The molecule has 0 saturated carbocycles. The Morgan fingerprint density at radius 3 is 2.56 bits per heavy atom. The summed E-state index contributed by atoms with van der Waals surface area (Å²) in [6.45, 7) is 2.91. The van der Waals surface area contributed by atoms with E-state index in [0.717, 1.165) is 18.2 Å². The number of ether oxygens (including phenoxy) is 2. The molecular weight excluding hydrogens is 424 g/mol. The first-order valence-corrected chi connectivity index (χ1v) is 9.46. The fraction of sp³-hybridized carbons (Fsp3) is 0.250. The van der Waals surface area contributed by atoms with E-state index in [1.807, 2.05) is 0 Å². The number of benzene rings is 1. The minimum atomic E-state index is -0.963. The number of nitrogens with zero attached hydrogens (tertiary/aromatic N) is 1. The van der Waals surface area contributed by atoms with E-state index in [0.29, 0.717) is 11.5 Å². The number of hydrogen-bond donors (Lipinski definition) is 3. The monoisotopic (exact) mass is 444 g/mol. The maximum Gasteiger partial charge on any atom is 0.340 e. The zero-order valence-electron chi connectivity index (χ0n) is 17.2. The van der Waals surface area contributed by atoms with E-state index >= 15 is 0 Å². The molecule has 1 aliphatic heterocycles. The number of carbonyl (C=O) groups is 3. The first-order chi connectivity index (χ1) is 15.2. The van der Waals surface area contributed by atoms with Crippen molar-refractivity contribution in [2.24, 2.45) is 0 Å². The molecule has 1 atom stereocenters. The summed E-state index contributed by atoms with van der Waals surface area (Å²) in [6.07, 6.45) is 0. The third-order valence-electron chi connectivity index (χ3n) is 4.51. The fourth-order valence-electron chi connectivity index (χ4n) is 3.07. The Morgan fingerprint density at radius 1 is 1.22 bits per heavy atom. The number of urea groups is 1. The lowest BCUT2D eigenvalue weighted by atomic mass is 10.0. The van der Waals surface area contributed by atoms with E-state index in [1.165, 1.54) is 0 Å². The number of rotatable bonds is 7. The molecule has 0 saturated heterocycles. The second kappa shape index (κ2) is 9.20. The third-order valence-corrected chi connectivity index (χ3v) is 4.51. The molecule has 168 valence electrons. The van der Waals surface area contributed by atoms with Gasteiger partial charge in [-0.15, -0.1) is 0 Å². The molecule has 12 heteroatoms. The van der Waals surface area contributed by atoms with Crippen LogP contribution in [0.2, 0.25) is 0 Å². The van der Waals surface area contributed by atoms with Crippen LogP contribution < -0.4 is 16.4 Å². The van der Waals surface area contributed by atoms with Crippen LogP contribution in [0.5, 0.6) is 0 Å². The van der Waals surface area contributed by atoms with Crippen molar-refractivity contribution in [3.63, 3.8) is 0 Å². The predicted octanol–water partition coefficient (Wildman–Crippen LogP) is 2.11. The topological polar surface area (TPSA) is 176 Å². The predicted molar refractivity (Wildman–Crippen MR) is 109 cm³/mol. The summed E-state index contributed by atoms with van der Waals surface area (Å²) in [6, 6.07) is 4.97. The van der Waals surface area contributed by atoms with Crippen LogP contribution in [0.3, 0.4) is 0 Å². The van der Waals surface area contributed by atoms with Crippen molar-refractivity contribution in [3.8, 4) is 0 Å². The number of anilines is 1. The molecule has 0 aliphatic carbocycles. The van der Waals surface area contributed by atoms with Crippen molar-refractivity contribution >= 4 is 29.3 Å². The van der Waals surface area contributed by atoms with E-state index in [1.54, 1.807) is 26.0 Å². The summed E-state index contributed by atoms with van der Waals surface area (Å²) >= 11 is 0. The van der Waals surface area contributed by atoms with E-state index < -0.39 is 35.5 Å². The number of nitro groups is 1. The summed E-state index contributed by atoms with van der Waals surface area (Å²) in [5, 5.41) is 15.9. The number of nitrogen functional groups attached to an aromatic ring is 1. The molecule has 1 unspecified atom stereocenters. The van der Waals surface area contributed by atoms with Crippen molar-refractivity contribution in [3.05, 3.63) is 68.8 Å². The smallest absolute Gasteiger partial charge is 0.340 e. The van der Waals surface area contributed by atoms with E-state index in [2.05, 4.69) is 10.6 Å². The third kappa shape index (κ3) is 4.69. The number of carbonyl (C=O) groups excluding carboxylic acids is 3. The Morgan fingerprint density at radius 2 is 1.97 bits per heavy atom. The van der Waals surface area contributed by atoms with Crippen molar-refractivity contribution in [1.29, 1.82) is 0 Å². The van der Waals surface area contributed by atoms with Crippen LogP contribution in [-0.2, 0) is 14.3 Å². The van der Waals surface area contributed by atoms with Gasteiger partial charge in [-0.05, 0) is 32.0 Å². The maximum atomic E-state index is 12.6. The minimum absolute atomic E-state index is 0.0000798. The van der Waals surface area contributed by atoms with Crippen LogP contribution in [0.4, 0.5) is 16.2 Å². The number of non-ortho nitro benzene ring substituents is 1. The SMILES string of the molecule is CCOC(=O)C1=C(COC(=O)c2ccc([N+](=O)[O-])cc2N)NC(=O)NC1c1ccc(C)o1. The van der Waals surface area contributed by atoms with Gasteiger partial charge in [0.05, 0.1) is 34.1 Å². The summed E-state index contributed by atoms with van der Waals surface area (Å²) in [7, 11) is 0. The standard InChI is InChI=1S/C20H20N4O8/c1-3-30-19(26)16-14(22-20(27)23-17(16)15-7-4-10(2)32-15)9-31-18(25)12-6-5-11(24(28)29)8-13(12)21/h4-8,17H,3,9,21H2,1-2H3,(H2,22,23,27). The number of nitrogens with one attached hydrogen (secondary N) is 2. The minimum Gasteiger partial charge on any atom is -0.464 e. The molecule has 0 radical (unpaired) electrons. The van der Waals surface area contributed by atoms with Crippen molar-refractivity contribution in [2.45, 2.75) is 19.9 Å². The molecule has 4 N–H and O–H groups in total. The van der Waals surface area contributed by atoms with Crippen LogP contribution >= 0.6 is 0 Å². The van der Waals surface area contributed by atoms with Gasteiger partial charge in [-0.25, -0.2) is 14.4 Å². The van der Waals surface area contributed by atoms with Crippen molar-refractivity contribution in [2.75, 3.05) is 18.9 Å². The van der Waals surface area contributed by atoms with Crippen LogP contribution in [0, 0.1) is 17.0 Å². The summed E-state index contributed by atoms with van der Waals surface area (Å²) < 4.78 is 15.9. The molecule has 1 aromatic heterocycles. The lowest BCUT2D eigenvalue weighted by molar-refractivity contribution is -0.384. The molecule has 32 heavy (non-hydrogen) atoms. The highest BCUT2D eigenvalue weighted by molar-refractivity contribution is 5.97. The lowest BCUT2D eigenvalue weighted by Gasteiger charge is -2.27. The summed E-state index contributed by atoms with van der Waals surface area (Å²) in [5.74, 6) is -0.771. The van der Waals surface area contributed by atoms with Gasteiger partial charge < -0.3 is 30.3 Å². The van der Waals surface area contributed by atoms with Crippen molar-refractivity contribution in [1.82, 2.24) is 10.6 Å². The number of aryl methyl sites for hydroxylation is 1. The van der Waals surface area contributed by atoms with Gasteiger partial charge in [0.15, 0.2) is 0 Å². The van der Waals surface area contributed by atoms with Gasteiger partial charge in [-0.3, -0.25) is 10.1 Å². The van der Waals surface area contributed by atoms with Gasteiger partial charge in [0.2, 0.25) is 0 Å². The second-order valence-corrected chi connectivity index (χ2v) is 6.70. The normalized spacial score (nSPS) is 15.6. The number of amides is 2. The van der Waals surface area contributed by atoms with Gasteiger partial charge >= 0.3 is 18.0 Å². The Hall–Kier alpha value is -4.35. The Kier molecular flexibility index (Phi) is 6.42. The molecule has 2 aromatic rings. The lowest BCUT2D eigenvalue weighted by Crippen LogP contribution is -2.47. The average molecular weight is 444 g/mol. The molecule has 2 heterocycles. The highest BCUT2D eigenvalue weighted by Crippen LogP contribution is 2.29. The van der Waals surface area contributed by atoms with Crippen LogP contribution in [0.1, 0.15) is 34.8 Å². The van der Waals surface area contributed by atoms with Gasteiger partial charge in [0.25, 0.3) is 5.69 Å². The van der Waals surface area contributed by atoms with Gasteiger partial charge in [-0.1, -0.05) is 0 Å². The molecule has 0 fully saturated rings. The molecule has 0 bridgehead atoms. The fourth-order valence-corrected chi connectivity index (χ4v) is 3.07. The van der Waals surface area contributed by atoms with Crippen LogP contribution in [-0.4, -0.2) is 36.1 Å². The van der Waals surface area contributed by atoms with E-state index in [-0.39, 0.29) is 34.8 Å². The first kappa shape index (κ1) is 22.3. The Bertz CT molecular complexity index is 1120. The molecule has 12 nitrogen and oxygen atoms in total.